The van der Waals surface area contributed by atoms with Gasteiger partial charge in [-0.3, -0.25) is 33.6 Å². The summed E-state index contributed by atoms with van der Waals surface area (Å²) in [5.74, 6) is 0.865. The van der Waals surface area contributed by atoms with Crippen LogP contribution in [0.1, 0.15) is 197 Å². The second-order valence-corrected chi connectivity index (χ2v) is 35.5. The molecule has 124 heavy (non-hydrogen) atoms. The average Bonchev–Trinajstić information content (AvgIpc) is 1.50. The van der Waals surface area contributed by atoms with Crippen molar-refractivity contribution in [1.82, 2.24) is 25.3 Å². The van der Waals surface area contributed by atoms with E-state index in [1.165, 1.54) is 64.8 Å². The van der Waals surface area contributed by atoms with E-state index in [1.54, 1.807) is 15.9 Å². The third-order valence-corrected chi connectivity index (χ3v) is 26.5. The molecular formula is C92H144F6N6O20. The van der Waals surface area contributed by atoms with Crippen molar-refractivity contribution >= 4 is 41.4 Å². The Labute approximate surface area is 730 Å². The number of esters is 1. The molecule has 12 atom stereocenters. The van der Waals surface area contributed by atoms with Crippen molar-refractivity contribution in [1.29, 1.82) is 0 Å². The number of piperidine rings is 2. The lowest BCUT2D eigenvalue weighted by molar-refractivity contribution is -0.164. The van der Waals surface area contributed by atoms with Crippen LogP contribution in [0.5, 0.6) is 0 Å². The predicted molar refractivity (Wildman–Crippen MR) is 451 cm³/mol. The molecule has 2 aromatic rings. The van der Waals surface area contributed by atoms with E-state index in [-0.39, 0.29) is 106 Å². The number of aryl methyl sites for hydroxylation is 1. The zero-order valence-corrected chi connectivity index (χ0v) is 74.7. The van der Waals surface area contributed by atoms with E-state index in [0.717, 1.165) is 70.8 Å². The standard InChI is InChI=1S/C92H144F6N6O20/c1-65(2)12-10-14-67(4)78-18-19-79-76-17-16-70-61-73(22-28-89(70,5)80(76)23-29-90(78,79)6)124-85(108)62-81(86(99)109)101-83(106)27-36-112-34-11-35-113-38-40-115-42-44-117-46-48-119-50-52-121-54-56-123-57-55-122-53-51-120-49-47-118-45-43-116-41-39-114-37-30-100-82(105)20-21-84(107)103-31-24-69(25-32-103)87(110)104-33-26-75(77(64-104)74-15-9-8-13-66(74)3)88(111)102(7)63-68-58-71(91(93,94)95)60-72(59-68)92(96,97)98/h8-9,13,15,58-60,65,67,69-70,73,75-81H,10-12,14,16-57,61-64H2,1-7H3,(H2,99,109)(H,100,105)(H,101,106)/t67-,70+,73+,75+,76+,77-,78-,79+,80+,81+,89+,90-/m1/s1. The lowest BCUT2D eigenvalue weighted by Crippen LogP contribution is -2.54. The number of carbonyl (C=O) groups excluding carboxylic acids is 7. The maximum Gasteiger partial charge on any atom is 0.416 e. The summed E-state index contributed by atoms with van der Waals surface area (Å²) < 4.78 is 155. The molecule has 2 aliphatic heterocycles. The van der Waals surface area contributed by atoms with Gasteiger partial charge < -0.3 is 92.6 Å². The zero-order chi connectivity index (χ0) is 89.5. The van der Waals surface area contributed by atoms with E-state index in [2.05, 4.69) is 45.3 Å². The predicted octanol–water partition coefficient (Wildman–Crippen LogP) is 12.1. The summed E-state index contributed by atoms with van der Waals surface area (Å²) in [5.41, 5.74) is 4.79. The van der Waals surface area contributed by atoms with E-state index >= 15 is 0 Å². The number of hydrogen-bond donors (Lipinski definition) is 3. The normalized spacial score (nSPS) is 23.5. The van der Waals surface area contributed by atoms with E-state index in [4.69, 9.17) is 67.3 Å². The van der Waals surface area contributed by atoms with Crippen molar-refractivity contribution in [3.8, 4) is 0 Å². The minimum Gasteiger partial charge on any atom is -0.462 e. The molecule has 2 aromatic carbocycles. The maximum atomic E-state index is 14.1. The summed E-state index contributed by atoms with van der Waals surface area (Å²) in [6, 6.07) is 7.50. The van der Waals surface area contributed by atoms with E-state index in [0.29, 0.717) is 201 Å². The van der Waals surface area contributed by atoms with Crippen LogP contribution in [0.3, 0.4) is 0 Å². The molecule has 32 heteroatoms. The van der Waals surface area contributed by atoms with Crippen LogP contribution < -0.4 is 16.4 Å². The van der Waals surface area contributed by atoms with Crippen LogP contribution in [-0.4, -0.2) is 267 Å². The number of likely N-dealkylation sites (tertiary alicyclic amines) is 2. The summed E-state index contributed by atoms with van der Waals surface area (Å²) in [6.45, 7) is 24.4. The number of ether oxygens (including phenoxy) is 13. The minimum atomic E-state index is -5.04. The van der Waals surface area contributed by atoms with Crippen LogP contribution in [0.2, 0.25) is 0 Å². The molecule has 2 saturated heterocycles. The molecule has 0 aromatic heterocycles. The number of amides is 6. The van der Waals surface area contributed by atoms with Crippen molar-refractivity contribution in [2.24, 2.45) is 69.8 Å². The first-order chi connectivity index (χ1) is 59.5. The highest BCUT2D eigenvalue weighted by Gasteiger charge is 2.61. The van der Waals surface area contributed by atoms with Gasteiger partial charge in [-0.2, -0.15) is 26.3 Å². The quantitative estimate of drug-likeness (QED) is 0.0315. The number of rotatable bonds is 58. The summed E-state index contributed by atoms with van der Waals surface area (Å²) >= 11 is 0. The number of halogens is 6. The van der Waals surface area contributed by atoms with Gasteiger partial charge in [-0.15, -0.1) is 0 Å². The molecule has 2 heterocycles. The van der Waals surface area contributed by atoms with Crippen molar-refractivity contribution in [3.05, 3.63) is 70.3 Å². The molecule has 0 radical (unpaired) electrons. The van der Waals surface area contributed by atoms with Gasteiger partial charge in [0.15, 0.2) is 0 Å². The number of hydrogen-bond acceptors (Lipinski definition) is 20. The maximum absolute atomic E-state index is 14.1. The van der Waals surface area contributed by atoms with Gasteiger partial charge in [-0.1, -0.05) is 78.1 Å². The van der Waals surface area contributed by atoms with Gasteiger partial charge in [0.1, 0.15) is 12.1 Å². The second-order valence-electron chi connectivity index (χ2n) is 35.5. The molecule has 26 nitrogen and oxygen atoms in total. The summed E-state index contributed by atoms with van der Waals surface area (Å²) in [4.78, 5) is 96.8. The number of nitrogens with one attached hydrogen (secondary N) is 2. The molecule has 0 unspecified atom stereocenters. The largest absolute Gasteiger partial charge is 0.462 e. The Kier molecular flexibility index (Phi) is 44.7. The highest BCUT2D eigenvalue weighted by molar-refractivity contribution is 5.90. The van der Waals surface area contributed by atoms with Crippen molar-refractivity contribution < 1.29 is 121 Å². The van der Waals surface area contributed by atoms with Crippen LogP contribution in [0.25, 0.3) is 0 Å². The van der Waals surface area contributed by atoms with Gasteiger partial charge in [0.25, 0.3) is 0 Å². The van der Waals surface area contributed by atoms with Gasteiger partial charge >= 0.3 is 18.3 Å². The lowest BCUT2D eigenvalue weighted by atomic mass is 9.44. The summed E-state index contributed by atoms with van der Waals surface area (Å²) in [6.07, 6.45) is 5.74. The Morgan fingerprint density at radius 3 is 1.59 bits per heavy atom. The lowest BCUT2D eigenvalue weighted by Gasteiger charge is -2.61. The van der Waals surface area contributed by atoms with Gasteiger partial charge in [0.2, 0.25) is 35.4 Å². The van der Waals surface area contributed by atoms with E-state index < -0.39 is 77.5 Å². The Balaban J connectivity index is 0.509. The highest BCUT2D eigenvalue weighted by atomic mass is 19.4. The molecular weight excluding hydrogens is 1620 g/mol. The summed E-state index contributed by atoms with van der Waals surface area (Å²) in [7, 11) is 1.35. The molecule has 8 rings (SSSR count). The molecule has 704 valence electrons. The van der Waals surface area contributed by atoms with Crippen LogP contribution in [0.15, 0.2) is 42.5 Å². The fourth-order valence-electron chi connectivity index (χ4n) is 19.9. The molecule has 4 aliphatic carbocycles. The van der Waals surface area contributed by atoms with Crippen LogP contribution in [0.4, 0.5) is 26.3 Å². The Bertz CT molecular complexity index is 3490. The van der Waals surface area contributed by atoms with Crippen molar-refractivity contribution in [2.45, 2.75) is 207 Å². The monoisotopic (exact) mass is 1770 g/mol. The van der Waals surface area contributed by atoms with Gasteiger partial charge in [-0.05, 0) is 178 Å². The SMILES string of the molecule is Cc1ccccc1[C@H]1CN(C(=O)C2CCN(C(=O)CCC(=O)NCCOCCOCCOCCOCCOCCOCCOCCOCCOCCOCCOCCCOCCC(=O)N[C@@H](CC(=O)O[C@H]3CC[C@@]4(C)[C@@H](CC[C@@H]5[C@@H]4CC[C@]4(C)[C@@H]([C@H](C)CCCC(C)C)CC[C@@H]54)C3)C(N)=O)CC2)CC[C@@H]1C(=O)N(C)Cc1cc(C(F)(F)F)cc(C(F)(F)F)c1. The van der Waals surface area contributed by atoms with E-state index in [9.17, 15) is 59.9 Å². The Morgan fingerprint density at radius 2 is 1.06 bits per heavy atom. The molecule has 6 fully saturated rings. The molecule has 4 N–H and O–H groups in total. The molecule has 6 amide bonds. The molecule has 4 saturated carbocycles. The third kappa shape index (κ3) is 34.0. The third-order valence-electron chi connectivity index (χ3n) is 26.5. The van der Waals surface area contributed by atoms with Crippen LogP contribution in [0, 0.1) is 71.0 Å². The first-order valence-corrected chi connectivity index (χ1v) is 45.6. The Morgan fingerprint density at radius 1 is 0.548 bits per heavy atom. The van der Waals surface area contributed by atoms with Gasteiger partial charge in [0.05, 0.1) is 163 Å². The topological polar surface area (TPSA) is 299 Å². The average molecular weight is 1770 g/mol. The first kappa shape index (κ1) is 103. The van der Waals surface area contributed by atoms with Crippen molar-refractivity contribution in [2.75, 3.05) is 198 Å². The van der Waals surface area contributed by atoms with E-state index in [1.807, 2.05) is 25.1 Å². The van der Waals surface area contributed by atoms with Crippen LogP contribution in [-0.2, 0) is 114 Å². The number of primary amides is 1. The van der Waals surface area contributed by atoms with Crippen molar-refractivity contribution in [3.63, 3.8) is 0 Å². The fraction of sp³-hybridized carbons (Fsp3) is 0.793. The first-order valence-electron chi connectivity index (χ1n) is 45.6. The Hall–Kier alpha value is -6.17. The number of carbonyl (C=O) groups is 7. The summed E-state index contributed by atoms with van der Waals surface area (Å²) in [5, 5.41) is 5.38. The molecule has 6 aliphatic rings. The number of nitrogens with zero attached hydrogens (tertiary/aromatic N) is 3. The minimum absolute atomic E-state index is 0.00547. The van der Waals surface area contributed by atoms with Gasteiger partial charge in [0, 0.05) is 96.5 Å². The fourth-order valence-corrected chi connectivity index (χ4v) is 19.9. The molecule has 0 spiro atoms. The smallest absolute Gasteiger partial charge is 0.416 e. The number of benzene rings is 2. The zero-order valence-electron chi connectivity index (χ0n) is 74.7. The molecule has 0 bridgehead atoms. The van der Waals surface area contributed by atoms with Gasteiger partial charge in [-0.25, -0.2) is 0 Å². The number of nitrogens with two attached hydrogens (primary N) is 1. The highest BCUT2D eigenvalue weighted by Crippen LogP contribution is 2.68. The van der Waals surface area contributed by atoms with Crippen LogP contribution >= 0.6 is 0 Å². The number of alkyl halides is 6. The number of fused-ring (bicyclic) bond motifs is 5. The second kappa shape index (κ2) is 53.7.